The SMILES string of the molecule is Cc1ccc(O)c(C(=O)c2cnn(C(C)(C)C)c2)c1. The summed E-state index contributed by atoms with van der Waals surface area (Å²) in [4.78, 5) is 12.3. The molecule has 4 nitrogen and oxygen atoms in total. The van der Waals surface area contributed by atoms with Crippen molar-refractivity contribution in [1.29, 1.82) is 0 Å². The van der Waals surface area contributed by atoms with Gasteiger partial charge >= 0.3 is 0 Å². The summed E-state index contributed by atoms with van der Waals surface area (Å²) >= 11 is 0. The standard InChI is InChI=1S/C15H18N2O2/c1-10-5-6-13(18)12(7-10)14(19)11-8-16-17(9-11)15(2,3)4/h5-9,18H,1-4H3. The van der Waals surface area contributed by atoms with Gasteiger partial charge in [-0.3, -0.25) is 9.48 Å². The van der Waals surface area contributed by atoms with Crippen LogP contribution in [0.4, 0.5) is 0 Å². The molecule has 0 aliphatic carbocycles. The van der Waals surface area contributed by atoms with E-state index >= 15 is 0 Å². The van der Waals surface area contributed by atoms with E-state index in [4.69, 9.17) is 0 Å². The smallest absolute Gasteiger partial charge is 0.199 e. The van der Waals surface area contributed by atoms with Crippen LogP contribution in [0.15, 0.2) is 30.6 Å². The Morgan fingerprint density at radius 2 is 2.00 bits per heavy atom. The third-order valence-corrected chi connectivity index (χ3v) is 2.93. The molecule has 0 bridgehead atoms. The van der Waals surface area contributed by atoms with E-state index in [-0.39, 0.29) is 17.1 Å². The van der Waals surface area contributed by atoms with E-state index in [0.29, 0.717) is 11.1 Å². The third-order valence-electron chi connectivity index (χ3n) is 2.93. The molecule has 0 aliphatic rings. The maximum absolute atomic E-state index is 12.3. The highest BCUT2D eigenvalue weighted by atomic mass is 16.3. The Morgan fingerprint density at radius 1 is 1.32 bits per heavy atom. The number of phenols is 1. The van der Waals surface area contributed by atoms with Crippen LogP contribution < -0.4 is 0 Å². The first-order valence-corrected chi connectivity index (χ1v) is 6.18. The number of carbonyl (C=O) groups excluding carboxylic acids is 1. The molecule has 0 aliphatic heterocycles. The molecule has 0 atom stereocenters. The normalized spacial score (nSPS) is 11.6. The zero-order valence-electron chi connectivity index (χ0n) is 11.6. The third kappa shape index (κ3) is 2.67. The summed E-state index contributed by atoms with van der Waals surface area (Å²) in [6.07, 6.45) is 3.25. The van der Waals surface area contributed by atoms with E-state index in [1.807, 2.05) is 27.7 Å². The van der Waals surface area contributed by atoms with Gasteiger partial charge in [0.1, 0.15) is 5.75 Å². The Bertz CT molecular complexity index is 621. The minimum Gasteiger partial charge on any atom is -0.507 e. The lowest BCUT2D eigenvalue weighted by Gasteiger charge is -2.18. The molecular formula is C15H18N2O2. The van der Waals surface area contributed by atoms with Crippen LogP contribution in [-0.4, -0.2) is 20.7 Å². The summed E-state index contributed by atoms with van der Waals surface area (Å²) in [5.41, 5.74) is 1.56. The second-order valence-electron chi connectivity index (χ2n) is 5.69. The van der Waals surface area contributed by atoms with Crippen molar-refractivity contribution in [2.45, 2.75) is 33.2 Å². The number of hydrogen-bond donors (Lipinski definition) is 1. The molecule has 1 heterocycles. The van der Waals surface area contributed by atoms with Gasteiger partial charge in [-0.15, -0.1) is 0 Å². The quantitative estimate of drug-likeness (QED) is 0.843. The van der Waals surface area contributed by atoms with Gasteiger partial charge in [0.25, 0.3) is 0 Å². The van der Waals surface area contributed by atoms with Crippen LogP contribution in [-0.2, 0) is 5.54 Å². The number of benzene rings is 1. The molecule has 1 aromatic carbocycles. The number of ketones is 1. The van der Waals surface area contributed by atoms with Crippen LogP contribution in [0.1, 0.15) is 42.3 Å². The number of phenolic OH excluding ortho intramolecular Hbond substituents is 1. The fraction of sp³-hybridized carbons (Fsp3) is 0.333. The first-order valence-electron chi connectivity index (χ1n) is 6.18. The molecule has 0 saturated heterocycles. The number of aryl methyl sites for hydroxylation is 1. The maximum Gasteiger partial charge on any atom is 0.199 e. The van der Waals surface area contributed by atoms with E-state index < -0.39 is 0 Å². The zero-order chi connectivity index (χ0) is 14.2. The molecule has 2 aromatic rings. The van der Waals surface area contributed by atoms with E-state index in [0.717, 1.165) is 5.56 Å². The number of rotatable bonds is 2. The fourth-order valence-electron chi connectivity index (χ4n) is 1.79. The summed E-state index contributed by atoms with van der Waals surface area (Å²) in [5.74, 6) is -0.212. The largest absolute Gasteiger partial charge is 0.507 e. The predicted octanol–water partition coefficient (Wildman–Crippen LogP) is 2.88. The number of carbonyl (C=O) groups is 1. The number of hydrogen-bond acceptors (Lipinski definition) is 3. The first kappa shape index (κ1) is 13.3. The van der Waals surface area contributed by atoms with Gasteiger partial charge in [-0.1, -0.05) is 11.6 Å². The summed E-state index contributed by atoms with van der Waals surface area (Å²) in [7, 11) is 0. The molecule has 2 rings (SSSR count). The Hall–Kier alpha value is -2.10. The average molecular weight is 258 g/mol. The van der Waals surface area contributed by atoms with Crippen molar-refractivity contribution in [3.63, 3.8) is 0 Å². The zero-order valence-corrected chi connectivity index (χ0v) is 11.6. The monoisotopic (exact) mass is 258 g/mol. The lowest BCUT2D eigenvalue weighted by atomic mass is 10.0. The van der Waals surface area contributed by atoms with Crippen molar-refractivity contribution in [2.24, 2.45) is 0 Å². The van der Waals surface area contributed by atoms with Gasteiger partial charge in [-0.25, -0.2) is 0 Å². The van der Waals surface area contributed by atoms with Crippen LogP contribution in [0.25, 0.3) is 0 Å². The number of aromatic nitrogens is 2. The van der Waals surface area contributed by atoms with Crippen LogP contribution >= 0.6 is 0 Å². The van der Waals surface area contributed by atoms with Crippen molar-refractivity contribution in [1.82, 2.24) is 9.78 Å². The van der Waals surface area contributed by atoms with E-state index in [9.17, 15) is 9.90 Å². The van der Waals surface area contributed by atoms with Gasteiger partial charge < -0.3 is 5.11 Å². The van der Waals surface area contributed by atoms with Gasteiger partial charge in [0.05, 0.1) is 22.9 Å². The molecule has 0 saturated carbocycles. The summed E-state index contributed by atoms with van der Waals surface area (Å²) in [6.45, 7) is 7.92. The highest BCUT2D eigenvalue weighted by molar-refractivity contribution is 6.10. The van der Waals surface area contributed by atoms with Crippen LogP contribution in [0.2, 0.25) is 0 Å². The van der Waals surface area contributed by atoms with Gasteiger partial charge in [-0.2, -0.15) is 5.10 Å². The molecule has 100 valence electrons. The lowest BCUT2D eigenvalue weighted by molar-refractivity contribution is 0.103. The van der Waals surface area contributed by atoms with E-state index in [2.05, 4.69) is 5.10 Å². The van der Waals surface area contributed by atoms with Crippen LogP contribution in [0.3, 0.4) is 0 Å². The second kappa shape index (κ2) is 4.53. The Kier molecular flexibility index (Phi) is 3.18. The molecule has 0 unspecified atom stereocenters. The molecule has 1 aromatic heterocycles. The summed E-state index contributed by atoms with van der Waals surface area (Å²) < 4.78 is 1.74. The topological polar surface area (TPSA) is 55.1 Å². The summed E-state index contributed by atoms with van der Waals surface area (Å²) in [5, 5.41) is 14.0. The predicted molar refractivity (Wildman–Crippen MR) is 73.5 cm³/mol. The first-order chi connectivity index (χ1) is 8.79. The molecule has 0 spiro atoms. The summed E-state index contributed by atoms with van der Waals surface area (Å²) in [6, 6.07) is 4.99. The minimum absolute atomic E-state index is 0.000825. The van der Waals surface area contributed by atoms with Gasteiger partial charge in [-0.05, 0) is 39.8 Å². The maximum atomic E-state index is 12.3. The van der Waals surface area contributed by atoms with Crippen LogP contribution in [0, 0.1) is 6.92 Å². The fourth-order valence-corrected chi connectivity index (χ4v) is 1.79. The lowest BCUT2D eigenvalue weighted by Crippen LogP contribution is -2.22. The van der Waals surface area contributed by atoms with E-state index in [1.54, 1.807) is 23.0 Å². The highest BCUT2D eigenvalue weighted by Crippen LogP contribution is 2.22. The second-order valence-corrected chi connectivity index (χ2v) is 5.69. The molecule has 4 heteroatoms. The van der Waals surface area contributed by atoms with Gasteiger partial charge in [0.15, 0.2) is 5.78 Å². The average Bonchev–Trinajstić information content (AvgIpc) is 2.80. The van der Waals surface area contributed by atoms with Gasteiger partial charge in [0, 0.05) is 6.20 Å². The molecule has 1 N–H and O–H groups in total. The molecule has 0 amide bonds. The molecule has 19 heavy (non-hydrogen) atoms. The minimum atomic E-state index is -0.211. The highest BCUT2D eigenvalue weighted by Gasteiger charge is 2.19. The Labute approximate surface area is 112 Å². The van der Waals surface area contributed by atoms with Crippen molar-refractivity contribution < 1.29 is 9.90 Å². The van der Waals surface area contributed by atoms with Crippen molar-refractivity contribution in [3.05, 3.63) is 47.3 Å². The molecular weight excluding hydrogens is 240 g/mol. The van der Waals surface area contributed by atoms with Gasteiger partial charge in [0.2, 0.25) is 0 Å². The number of aromatic hydroxyl groups is 1. The molecule has 0 fully saturated rings. The van der Waals surface area contributed by atoms with Crippen molar-refractivity contribution in [2.75, 3.05) is 0 Å². The Morgan fingerprint density at radius 3 is 2.58 bits per heavy atom. The number of nitrogens with zero attached hydrogens (tertiary/aromatic N) is 2. The van der Waals surface area contributed by atoms with Crippen molar-refractivity contribution in [3.8, 4) is 5.75 Å². The Balaban J connectivity index is 2.39. The van der Waals surface area contributed by atoms with E-state index in [1.165, 1.54) is 12.3 Å². The molecule has 0 radical (unpaired) electrons. The van der Waals surface area contributed by atoms with Crippen molar-refractivity contribution >= 4 is 5.78 Å². The van der Waals surface area contributed by atoms with Crippen LogP contribution in [0.5, 0.6) is 5.75 Å².